The molecule has 156 valence electrons. The highest BCUT2D eigenvalue weighted by Gasteiger charge is 2.31. The molecule has 0 spiro atoms. The lowest BCUT2D eigenvalue weighted by Crippen LogP contribution is -2.49. The van der Waals surface area contributed by atoms with Gasteiger partial charge in [0.25, 0.3) is 0 Å². The summed E-state index contributed by atoms with van der Waals surface area (Å²) in [4.78, 5) is 7.38. The van der Waals surface area contributed by atoms with Crippen LogP contribution in [0.4, 0.5) is 4.39 Å². The molecule has 6 nitrogen and oxygen atoms in total. The quantitative estimate of drug-likeness (QED) is 0.521. The molecular formula is C21H33FN4O2. The number of hydrogen-bond donors (Lipinski definition) is 2. The zero-order chi connectivity index (χ0) is 19.6. The average molecular weight is 393 g/mol. The number of hydrogen-bond acceptors (Lipinski definition) is 4. The largest absolute Gasteiger partial charge is 0.381 e. The fourth-order valence-electron chi connectivity index (χ4n) is 3.83. The van der Waals surface area contributed by atoms with Crippen molar-refractivity contribution in [3.63, 3.8) is 0 Å². The summed E-state index contributed by atoms with van der Waals surface area (Å²) in [6, 6.07) is 7.06. The summed E-state index contributed by atoms with van der Waals surface area (Å²) in [6.45, 7) is 9.59. The van der Waals surface area contributed by atoms with Crippen LogP contribution in [-0.2, 0) is 15.9 Å². The van der Waals surface area contributed by atoms with E-state index in [0.717, 1.165) is 83.5 Å². The molecule has 2 heterocycles. The van der Waals surface area contributed by atoms with Gasteiger partial charge in [-0.2, -0.15) is 0 Å². The molecule has 2 saturated heterocycles. The van der Waals surface area contributed by atoms with Gasteiger partial charge in [0.1, 0.15) is 5.82 Å². The fraction of sp³-hybridized carbons (Fsp3) is 0.667. The first-order chi connectivity index (χ1) is 13.8. The summed E-state index contributed by atoms with van der Waals surface area (Å²) in [6.07, 6.45) is 1.93. The number of nitrogens with zero attached hydrogens (tertiary/aromatic N) is 2. The molecule has 0 aromatic heterocycles. The second kappa shape index (κ2) is 11.3. The molecule has 2 aliphatic rings. The van der Waals surface area contributed by atoms with E-state index in [1.54, 1.807) is 0 Å². The lowest BCUT2D eigenvalue weighted by Gasteiger charge is -2.36. The molecule has 7 heteroatoms. The molecule has 28 heavy (non-hydrogen) atoms. The first kappa shape index (κ1) is 21.0. The monoisotopic (exact) mass is 392 g/mol. The Morgan fingerprint density at radius 2 is 1.96 bits per heavy atom. The second-order valence-corrected chi connectivity index (χ2v) is 7.36. The molecule has 0 bridgehead atoms. The van der Waals surface area contributed by atoms with Crippen molar-refractivity contribution in [1.29, 1.82) is 0 Å². The van der Waals surface area contributed by atoms with Crippen molar-refractivity contribution >= 4 is 5.96 Å². The zero-order valence-corrected chi connectivity index (χ0v) is 16.8. The van der Waals surface area contributed by atoms with Gasteiger partial charge in [-0.25, -0.2) is 4.39 Å². The summed E-state index contributed by atoms with van der Waals surface area (Å²) in [5.74, 6) is 1.17. The van der Waals surface area contributed by atoms with Crippen molar-refractivity contribution < 1.29 is 13.9 Å². The molecule has 1 aromatic rings. The molecule has 0 amide bonds. The maximum atomic E-state index is 13.0. The predicted octanol–water partition coefficient (Wildman–Crippen LogP) is 1.66. The van der Waals surface area contributed by atoms with Gasteiger partial charge in [0.15, 0.2) is 5.96 Å². The Morgan fingerprint density at radius 1 is 1.18 bits per heavy atom. The number of benzene rings is 1. The SMILES string of the molecule is CCNC(=NCC(C1CCOC1)N1CCOCC1)NCCc1ccc(F)cc1. The molecular weight excluding hydrogens is 359 g/mol. The first-order valence-electron chi connectivity index (χ1n) is 10.4. The number of morpholine rings is 1. The minimum Gasteiger partial charge on any atom is -0.381 e. The Labute approximate surface area is 167 Å². The molecule has 3 rings (SSSR count). The lowest BCUT2D eigenvalue weighted by atomic mass is 9.97. The summed E-state index contributed by atoms with van der Waals surface area (Å²) in [7, 11) is 0. The lowest BCUT2D eigenvalue weighted by molar-refractivity contribution is 0.00368. The predicted molar refractivity (Wildman–Crippen MR) is 109 cm³/mol. The Hall–Kier alpha value is -1.70. The molecule has 0 saturated carbocycles. The van der Waals surface area contributed by atoms with Crippen LogP contribution in [0.1, 0.15) is 18.9 Å². The van der Waals surface area contributed by atoms with Gasteiger partial charge in [0.05, 0.1) is 26.4 Å². The van der Waals surface area contributed by atoms with E-state index in [4.69, 9.17) is 14.5 Å². The number of guanidine groups is 1. The van der Waals surface area contributed by atoms with E-state index in [2.05, 4.69) is 22.5 Å². The van der Waals surface area contributed by atoms with Gasteiger partial charge >= 0.3 is 0 Å². The molecule has 2 aliphatic heterocycles. The molecule has 2 atom stereocenters. The first-order valence-corrected chi connectivity index (χ1v) is 10.4. The smallest absolute Gasteiger partial charge is 0.191 e. The standard InChI is InChI=1S/C21H33FN4O2/c1-2-23-21(24-9-7-17-3-5-19(22)6-4-17)25-15-20(18-8-12-28-16-18)26-10-13-27-14-11-26/h3-6,18,20H,2,7-16H2,1H3,(H2,23,24,25). The van der Waals surface area contributed by atoms with Crippen LogP contribution in [0.15, 0.2) is 29.3 Å². The van der Waals surface area contributed by atoms with Crippen molar-refractivity contribution in [2.75, 3.05) is 59.2 Å². The fourth-order valence-corrected chi connectivity index (χ4v) is 3.83. The summed E-state index contributed by atoms with van der Waals surface area (Å²) in [5.41, 5.74) is 1.11. The van der Waals surface area contributed by atoms with Gasteiger partial charge in [-0.1, -0.05) is 12.1 Å². The van der Waals surface area contributed by atoms with Crippen LogP contribution < -0.4 is 10.6 Å². The van der Waals surface area contributed by atoms with Crippen molar-refractivity contribution in [2.45, 2.75) is 25.8 Å². The Bertz CT molecular complexity index is 599. The van der Waals surface area contributed by atoms with Crippen molar-refractivity contribution in [2.24, 2.45) is 10.9 Å². The minimum absolute atomic E-state index is 0.198. The van der Waals surface area contributed by atoms with Crippen LogP contribution in [0.2, 0.25) is 0 Å². The second-order valence-electron chi connectivity index (χ2n) is 7.36. The van der Waals surface area contributed by atoms with E-state index in [0.29, 0.717) is 12.0 Å². The molecule has 2 N–H and O–H groups in total. The zero-order valence-electron chi connectivity index (χ0n) is 16.8. The van der Waals surface area contributed by atoms with Crippen LogP contribution in [0.25, 0.3) is 0 Å². The summed E-state index contributed by atoms with van der Waals surface area (Å²) in [5, 5.41) is 6.73. The van der Waals surface area contributed by atoms with E-state index >= 15 is 0 Å². The highest BCUT2D eigenvalue weighted by molar-refractivity contribution is 5.79. The highest BCUT2D eigenvalue weighted by atomic mass is 19.1. The number of ether oxygens (including phenoxy) is 2. The third kappa shape index (κ3) is 6.43. The number of rotatable bonds is 8. The molecule has 2 fully saturated rings. The van der Waals surface area contributed by atoms with Gasteiger partial charge in [-0.3, -0.25) is 9.89 Å². The Balaban J connectivity index is 1.56. The topological polar surface area (TPSA) is 58.1 Å². The maximum Gasteiger partial charge on any atom is 0.191 e. The van der Waals surface area contributed by atoms with E-state index < -0.39 is 0 Å². The van der Waals surface area contributed by atoms with E-state index in [-0.39, 0.29) is 5.82 Å². The number of aliphatic imine (C=N–C) groups is 1. The minimum atomic E-state index is -0.198. The summed E-state index contributed by atoms with van der Waals surface area (Å²) < 4.78 is 24.2. The third-order valence-corrected chi connectivity index (χ3v) is 5.42. The Kier molecular flexibility index (Phi) is 8.51. The molecule has 0 aliphatic carbocycles. The molecule has 1 aromatic carbocycles. The third-order valence-electron chi connectivity index (χ3n) is 5.42. The van der Waals surface area contributed by atoms with E-state index in [1.807, 2.05) is 12.1 Å². The van der Waals surface area contributed by atoms with Crippen LogP contribution >= 0.6 is 0 Å². The van der Waals surface area contributed by atoms with Crippen LogP contribution in [-0.4, -0.2) is 76.1 Å². The Morgan fingerprint density at radius 3 is 2.64 bits per heavy atom. The summed E-state index contributed by atoms with van der Waals surface area (Å²) >= 11 is 0. The van der Waals surface area contributed by atoms with Gasteiger partial charge in [-0.05, 0) is 37.5 Å². The van der Waals surface area contributed by atoms with Crippen molar-refractivity contribution in [3.05, 3.63) is 35.6 Å². The van der Waals surface area contributed by atoms with Crippen LogP contribution in [0.5, 0.6) is 0 Å². The van der Waals surface area contributed by atoms with Gasteiger partial charge in [-0.15, -0.1) is 0 Å². The van der Waals surface area contributed by atoms with Gasteiger partial charge in [0, 0.05) is 44.7 Å². The highest BCUT2D eigenvalue weighted by Crippen LogP contribution is 2.22. The van der Waals surface area contributed by atoms with Gasteiger partial charge < -0.3 is 20.1 Å². The van der Waals surface area contributed by atoms with Crippen LogP contribution in [0, 0.1) is 11.7 Å². The van der Waals surface area contributed by atoms with Crippen molar-refractivity contribution in [3.8, 4) is 0 Å². The van der Waals surface area contributed by atoms with E-state index in [9.17, 15) is 4.39 Å². The van der Waals surface area contributed by atoms with Gasteiger partial charge in [0.2, 0.25) is 0 Å². The molecule has 0 radical (unpaired) electrons. The number of halogens is 1. The van der Waals surface area contributed by atoms with Crippen molar-refractivity contribution in [1.82, 2.24) is 15.5 Å². The average Bonchev–Trinajstić information content (AvgIpc) is 3.25. The normalized spacial score (nSPS) is 22.2. The number of nitrogens with one attached hydrogen (secondary N) is 2. The maximum absolute atomic E-state index is 13.0. The molecule has 2 unspecified atom stereocenters. The van der Waals surface area contributed by atoms with E-state index in [1.165, 1.54) is 12.1 Å². The van der Waals surface area contributed by atoms with Crippen LogP contribution in [0.3, 0.4) is 0 Å².